The van der Waals surface area contributed by atoms with Gasteiger partial charge < -0.3 is 9.52 Å². The molecule has 0 atom stereocenters. The Kier molecular flexibility index (Phi) is 3.26. The molecular formula is C11H8FNO5S. The zero-order valence-electron chi connectivity index (χ0n) is 9.33. The molecule has 19 heavy (non-hydrogen) atoms. The lowest BCUT2D eigenvalue weighted by molar-refractivity contribution is 0.0697. The summed E-state index contributed by atoms with van der Waals surface area (Å²) in [5, 5.41) is 8.90. The Morgan fingerprint density at radius 1 is 1.32 bits per heavy atom. The second-order valence-corrected chi connectivity index (χ2v) is 5.24. The Hall–Kier alpha value is -2.35. The van der Waals surface area contributed by atoms with Crippen molar-refractivity contribution < 1.29 is 27.1 Å². The summed E-state index contributed by atoms with van der Waals surface area (Å²) in [5.74, 6) is -2.21. The van der Waals surface area contributed by atoms with Crippen LogP contribution >= 0.6 is 0 Å². The van der Waals surface area contributed by atoms with Crippen LogP contribution in [-0.4, -0.2) is 19.5 Å². The molecule has 1 heterocycles. The van der Waals surface area contributed by atoms with Gasteiger partial charge in [0.15, 0.2) is 0 Å². The number of furan rings is 1. The third kappa shape index (κ3) is 2.74. The number of carboxylic acids is 1. The second kappa shape index (κ2) is 4.73. The standard InChI is InChI=1S/C11H8FNO5S/c12-7-1-2-10(9(5-7)11(14)15)13-19(16,17)8-3-4-18-6-8/h1-6,13H,(H,14,15). The minimum atomic E-state index is -3.97. The third-order valence-electron chi connectivity index (χ3n) is 2.26. The topological polar surface area (TPSA) is 96.6 Å². The van der Waals surface area contributed by atoms with Crippen LogP contribution < -0.4 is 4.72 Å². The number of sulfonamides is 1. The van der Waals surface area contributed by atoms with Gasteiger partial charge in [-0.05, 0) is 24.3 Å². The van der Waals surface area contributed by atoms with E-state index in [2.05, 4.69) is 9.14 Å². The Balaban J connectivity index is 2.42. The molecule has 0 fully saturated rings. The fourth-order valence-electron chi connectivity index (χ4n) is 1.39. The van der Waals surface area contributed by atoms with Gasteiger partial charge in [0.05, 0.1) is 17.5 Å². The lowest BCUT2D eigenvalue weighted by Crippen LogP contribution is -2.15. The predicted octanol–water partition coefficient (Wildman–Crippen LogP) is 1.92. The summed E-state index contributed by atoms with van der Waals surface area (Å²) in [4.78, 5) is 10.8. The van der Waals surface area contributed by atoms with E-state index in [1.807, 2.05) is 0 Å². The van der Waals surface area contributed by atoms with E-state index < -0.39 is 27.4 Å². The van der Waals surface area contributed by atoms with Gasteiger partial charge in [-0.3, -0.25) is 4.72 Å². The molecule has 0 aliphatic rings. The lowest BCUT2D eigenvalue weighted by Gasteiger charge is -2.09. The summed E-state index contributed by atoms with van der Waals surface area (Å²) in [6.45, 7) is 0. The van der Waals surface area contributed by atoms with E-state index in [1.165, 1.54) is 6.07 Å². The van der Waals surface area contributed by atoms with Gasteiger partial charge in [0.2, 0.25) is 0 Å². The highest BCUT2D eigenvalue weighted by molar-refractivity contribution is 7.92. The molecule has 0 saturated carbocycles. The first kappa shape index (κ1) is 13.1. The summed E-state index contributed by atoms with van der Waals surface area (Å²) >= 11 is 0. The van der Waals surface area contributed by atoms with Crippen LogP contribution in [0.4, 0.5) is 10.1 Å². The van der Waals surface area contributed by atoms with Crippen molar-refractivity contribution in [3.8, 4) is 0 Å². The average Bonchev–Trinajstić information content (AvgIpc) is 2.85. The maximum absolute atomic E-state index is 13.0. The number of carbonyl (C=O) groups is 1. The van der Waals surface area contributed by atoms with E-state index in [4.69, 9.17) is 5.11 Å². The summed E-state index contributed by atoms with van der Waals surface area (Å²) in [7, 11) is -3.97. The molecule has 1 aromatic carbocycles. The van der Waals surface area contributed by atoms with Crippen LogP contribution in [-0.2, 0) is 10.0 Å². The van der Waals surface area contributed by atoms with Gasteiger partial charge in [-0.15, -0.1) is 0 Å². The lowest BCUT2D eigenvalue weighted by atomic mass is 10.2. The van der Waals surface area contributed by atoms with Crippen LogP contribution in [0.2, 0.25) is 0 Å². The number of hydrogen-bond acceptors (Lipinski definition) is 4. The molecule has 100 valence electrons. The van der Waals surface area contributed by atoms with Crippen LogP contribution in [0.15, 0.2) is 46.1 Å². The van der Waals surface area contributed by atoms with Gasteiger partial charge in [-0.25, -0.2) is 17.6 Å². The van der Waals surface area contributed by atoms with Crippen molar-refractivity contribution in [2.75, 3.05) is 4.72 Å². The van der Waals surface area contributed by atoms with E-state index in [-0.39, 0.29) is 10.6 Å². The summed E-state index contributed by atoms with van der Waals surface area (Å²) in [5.41, 5.74) is -0.706. The van der Waals surface area contributed by atoms with Crippen LogP contribution in [0.3, 0.4) is 0 Å². The van der Waals surface area contributed by atoms with Crippen molar-refractivity contribution in [2.45, 2.75) is 4.90 Å². The third-order valence-corrected chi connectivity index (χ3v) is 3.60. The smallest absolute Gasteiger partial charge is 0.337 e. The normalized spacial score (nSPS) is 11.2. The molecule has 0 aliphatic carbocycles. The fourth-order valence-corrected chi connectivity index (χ4v) is 2.39. The molecule has 0 amide bonds. The highest BCUT2D eigenvalue weighted by Gasteiger charge is 2.19. The van der Waals surface area contributed by atoms with Crippen molar-refractivity contribution in [3.05, 3.63) is 48.2 Å². The van der Waals surface area contributed by atoms with Gasteiger partial charge in [0.1, 0.15) is 17.0 Å². The zero-order valence-corrected chi connectivity index (χ0v) is 10.1. The summed E-state index contributed by atoms with van der Waals surface area (Å²) in [6.07, 6.45) is 2.16. The number of hydrogen-bond donors (Lipinski definition) is 2. The molecule has 0 radical (unpaired) electrons. The first-order valence-corrected chi connectivity index (χ1v) is 6.46. The van der Waals surface area contributed by atoms with Crippen molar-refractivity contribution in [3.63, 3.8) is 0 Å². The second-order valence-electron chi connectivity index (χ2n) is 3.56. The van der Waals surface area contributed by atoms with E-state index in [9.17, 15) is 17.6 Å². The number of anilines is 1. The Morgan fingerprint density at radius 2 is 2.05 bits per heavy atom. The van der Waals surface area contributed by atoms with Gasteiger partial charge in [-0.2, -0.15) is 0 Å². The van der Waals surface area contributed by atoms with Gasteiger partial charge >= 0.3 is 5.97 Å². The number of carboxylic acid groups (broad SMARTS) is 1. The molecule has 2 aromatic rings. The molecule has 1 aromatic heterocycles. The molecule has 0 saturated heterocycles. The molecule has 2 N–H and O–H groups in total. The van der Waals surface area contributed by atoms with Crippen LogP contribution in [0.5, 0.6) is 0 Å². The Bertz CT molecular complexity index is 709. The molecule has 0 bridgehead atoms. The average molecular weight is 285 g/mol. The van der Waals surface area contributed by atoms with Crippen molar-refractivity contribution >= 4 is 21.7 Å². The fraction of sp³-hybridized carbons (Fsp3) is 0. The first-order valence-electron chi connectivity index (χ1n) is 4.98. The summed E-state index contributed by atoms with van der Waals surface area (Å²) in [6, 6.07) is 3.93. The Labute approximate surface area is 107 Å². The van der Waals surface area contributed by atoms with Crippen molar-refractivity contribution in [2.24, 2.45) is 0 Å². The first-order chi connectivity index (χ1) is 8.90. The van der Waals surface area contributed by atoms with E-state index in [1.54, 1.807) is 0 Å². The van der Waals surface area contributed by atoms with Crippen molar-refractivity contribution in [1.29, 1.82) is 0 Å². The van der Waals surface area contributed by atoms with Gasteiger partial charge in [0, 0.05) is 0 Å². The number of rotatable bonds is 4. The maximum atomic E-state index is 13.0. The SMILES string of the molecule is O=C(O)c1cc(F)ccc1NS(=O)(=O)c1ccoc1. The minimum Gasteiger partial charge on any atom is -0.478 e. The number of aromatic carboxylic acids is 1. The number of benzene rings is 1. The highest BCUT2D eigenvalue weighted by Crippen LogP contribution is 2.21. The quantitative estimate of drug-likeness (QED) is 0.894. The molecule has 0 spiro atoms. The van der Waals surface area contributed by atoms with Crippen LogP contribution in [0, 0.1) is 5.82 Å². The minimum absolute atomic E-state index is 0.159. The number of halogens is 1. The van der Waals surface area contributed by atoms with E-state index in [0.717, 1.165) is 30.7 Å². The van der Waals surface area contributed by atoms with E-state index in [0.29, 0.717) is 0 Å². The highest BCUT2D eigenvalue weighted by atomic mass is 32.2. The molecule has 8 heteroatoms. The van der Waals surface area contributed by atoms with Crippen LogP contribution in [0.1, 0.15) is 10.4 Å². The van der Waals surface area contributed by atoms with Gasteiger partial charge in [0.25, 0.3) is 10.0 Å². The predicted molar refractivity (Wildman–Crippen MR) is 62.9 cm³/mol. The Morgan fingerprint density at radius 3 is 2.63 bits per heavy atom. The van der Waals surface area contributed by atoms with Gasteiger partial charge in [-0.1, -0.05) is 0 Å². The van der Waals surface area contributed by atoms with Crippen molar-refractivity contribution in [1.82, 2.24) is 0 Å². The molecule has 0 aliphatic heterocycles. The van der Waals surface area contributed by atoms with E-state index >= 15 is 0 Å². The molecular weight excluding hydrogens is 277 g/mol. The largest absolute Gasteiger partial charge is 0.478 e. The monoisotopic (exact) mass is 285 g/mol. The molecule has 2 rings (SSSR count). The maximum Gasteiger partial charge on any atom is 0.337 e. The van der Waals surface area contributed by atoms with Crippen LogP contribution in [0.25, 0.3) is 0 Å². The number of nitrogens with one attached hydrogen (secondary N) is 1. The summed E-state index contributed by atoms with van der Waals surface area (Å²) < 4.78 is 43.4. The molecule has 0 unspecified atom stereocenters. The zero-order chi connectivity index (χ0) is 14.0. The molecule has 6 nitrogen and oxygen atoms in total.